The van der Waals surface area contributed by atoms with Gasteiger partial charge in [-0.3, -0.25) is 19.7 Å². The van der Waals surface area contributed by atoms with E-state index >= 15 is 0 Å². The van der Waals surface area contributed by atoms with E-state index in [4.69, 9.17) is 5.73 Å². The Balaban J connectivity index is 1.36. The first-order chi connectivity index (χ1) is 14.6. The van der Waals surface area contributed by atoms with E-state index < -0.39 is 6.04 Å². The normalized spacial score (nSPS) is 18.6. The Hall–Kier alpha value is -3.00. The molecular weight excluding hydrogens is 382 g/mol. The topological polar surface area (TPSA) is 110 Å². The van der Waals surface area contributed by atoms with Crippen LogP contribution in [0.3, 0.4) is 0 Å². The Morgan fingerprint density at radius 2 is 2.03 bits per heavy atom. The lowest BCUT2D eigenvalue weighted by atomic mass is 9.99. The number of amides is 3. The highest BCUT2D eigenvalue weighted by Crippen LogP contribution is 2.30. The second kappa shape index (κ2) is 8.79. The molecule has 30 heavy (non-hydrogen) atoms. The molecule has 2 aliphatic heterocycles. The number of aryl methyl sites for hydroxylation is 2. The van der Waals surface area contributed by atoms with Gasteiger partial charge in [-0.2, -0.15) is 0 Å². The maximum Gasteiger partial charge on any atom is 0.255 e. The van der Waals surface area contributed by atoms with Gasteiger partial charge in [0.05, 0.1) is 12.0 Å². The van der Waals surface area contributed by atoms with Gasteiger partial charge in [-0.1, -0.05) is 12.1 Å². The van der Waals surface area contributed by atoms with Crippen LogP contribution in [-0.2, 0) is 35.5 Å². The zero-order valence-corrected chi connectivity index (χ0v) is 17.0. The Kier molecular flexibility index (Phi) is 5.94. The smallest absolute Gasteiger partial charge is 0.255 e. The van der Waals surface area contributed by atoms with Crippen LogP contribution in [0.25, 0.3) is 0 Å². The van der Waals surface area contributed by atoms with Crippen LogP contribution in [0.2, 0.25) is 0 Å². The lowest BCUT2D eigenvalue weighted by Gasteiger charge is -2.29. The van der Waals surface area contributed by atoms with Crippen LogP contribution < -0.4 is 11.1 Å². The molecule has 0 saturated carbocycles. The van der Waals surface area contributed by atoms with E-state index in [-0.39, 0.29) is 24.1 Å². The van der Waals surface area contributed by atoms with Crippen LogP contribution in [0.5, 0.6) is 0 Å². The summed E-state index contributed by atoms with van der Waals surface area (Å²) in [5.41, 5.74) is 9.44. The number of nitrogens with one attached hydrogen (secondary N) is 1. The maximum atomic E-state index is 12.9. The van der Waals surface area contributed by atoms with Gasteiger partial charge in [0.15, 0.2) is 0 Å². The van der Waals surface area contributed by atoms with Crippen molar-refractivity contribution in [3.05, 3.63) is 53.1 Å². The molecule has 8 nitrogen and oxygen atoms in total. The summed E-state index contributed by atoms with van der Waals surface area (Å²) < 4.78 is 2.09. The van der Waals surface area contributed by atoms with Crippen molar-refractivity contribution in [1.29, 1.82) is 0 Å². The first kappa shape index (κ1) is 20.3. The van der Waals surface area contributed by atoms with Crippen molar-refractivity contribution in [2.24, 2.45) is 5.73 Å². The quantitative estimate of drug-likeness (QED) is 0.502. The minimum Gasteiger partial charge on any atom is -0.337 e. The molecule has 1 unspecified atom stereocenters. The highest BCUT2D eigenvalue weighted by atomic mass is 16.2. The van der Waals surface area contributed by atoms with E-state index in [9.17, 15) is 14.4 Å². The number of nitrogens with two attached hydrogens (primary N) is 1. The summed E-state index contributed by atoms with van der Waals surface area (Å²) in [6.45, 7) is 1.93. The molecule has 3 amide bonds. The molecular formula is C22H27N5O3. The van der Waals surface area contributed by atoms with Crippen LogP contribution in [0.15, 0.2) is 30.7 Å². The van der Waals surface area contributed by atoms with Crippen LogP contribution in [-0.4, -0.2) is 44.8 Å². The number of carbonyl (C=O) groups is 3. The third-order valence-electron chi connectivity index (χ3n) is 5.88. The number of piperidine rings is 1. The number of aromatic nitrogens is 2. The molecule has 4 rings (SSSR count). The van der Waals surface area contributed by atoms with Gasteiger partial charge in [-0.15, -0.1) is 0 Å². The number of imidazole rings is 1. The number of fused-ring (bicyclic) bond motifs is 1. The van der Waals surface area contributed by atoms with Crippen molar-refractivity contribution >= 4 is 17.7 Å². The van der Waals surface area contributed by atoms with Gasteiger partial charge >= 0.3 is 0 Å². The molecule has 8 heteroatoms. The molecule has 3 N–H and O–H groups in total. The number of unbranched alkanes of at least 4 members (excludes halogenated alkanes) is 1. The van der Waals surface area contributed by atoms with Gasteiger partial charge in [-0.05, 0) is 49.4 Å². The van der Waals surface area contributed by atoms with Gasteiger partial charge in [0.2, 0.25) is 11.8 Å². The number of hydrogen-bond donors (Lipinski definition) is 2. The second-order valence-corrected chi connectivity index (χ2v) is 7.94. The summed E-state index contributed by atoms with van der Waals surface area (Å²) in [6.07, 6.45) is 8.22. The first-order valence-electron chi connectivity index (χ1n) is 10.5. The van der Waals surface area contributed by atoms with Crippen molar-refractivity contribution in [1.82, 2.24) is 19.8 Å². The maximum absolute atomic E-state index is 12.9. The molecule has 158 valence electrons. The fourth-order valence-electron chi connectivity index (χ4n) is 4.30. The zero-order valence-electron chi connectivity index (χ0n) is 17.0. The number of rotatable bonds is 8. The first-order valence-corrected chi connectivity index (χ1v) is 10.5. The van der Waals surface area contributed by atoms with Crippen LogP contribution >= 0.6 is 0 Å². The highest BCUT2D eigenvalue weighted by molar-refractivity contribution is 6.05. The number of benzene rings is 1. The average molecular weight is 409 g/mol. The van der Waals surface area contributed by atoms with E-state index in [1.807, 2.05) is 24.7 Å². The summed E-state index contributed by atoms with van der Waals surface area (Å²) >= 11 is 0. The van der Waals surface area contributed by atoms with Gasteiger partial charge < -0.3 is 15.2 Å². The van der Waals surface area contributed by atoms with Crippen LogP contribution in [0.4, 0.5) is 0 Å². The van der Waals surface area contributed by atoms with Gasteiger partial charge in [0.1, 0.15) is 6.04 Å². The molecule has 1 saturated heterocycles. The highest BCUT2D eigenvalue weighted by Gasteiger charge is 2.39. The summed E-state index contributed by atoms with van der Waals surface area (Å²) in [5.74, 6) is -0.760. The van der Waals surface area contributed by atoms with Gasteiger partial charge in [-0.25, -0.2) is 4.98 Å². The Morgan fingerprint density at radius 3 is 2.83 bits per heavy atom. The van der Waals surface area contributed by atoms with Crippen molar-refractivity contribution in [3.63, 3.8) is 0 Å². The summed E-state index contributed by atoms with van der Waals surface area (Å²) in [4.78, 5) is 42.5. The van der Waals surface area contributed by atoms with Gasteiger partial charge in [0, 0.05) is 37.7 Å². The number of imide groups is 1. The second-order valence-electron chi connectivity index (χ2n) is 7.94. The SMILES string of the molecule is NCCc1cn(CCCCc2cccc3c2CN(C2CCC(=O)NC2=O)C3=O)cn1. The number of hydrogen-bond acceptors (Lipinski definition) is 5. The predicted molar refractivity (Wildman–Crippen MR) is 110 cm³/mol. The lowest BCUT2D eigenvalue weighted by Crippen LogP contribution is -2.52. The van der Waals surface area contributed by atoms with E-state index in [0.717, 1.165) is 49.0 Å². The molecule has 2 aromatic rings. The molecule has 1 atom stereocenters. The monoisotopic (exact) mass is 409 g/mol. The molecule has 1 fully saturated rings. The minimum atomic E-state index is -0.570. The van der Waals surface area contributed by atoms with E-state index in [0.29, 0.717) is 25.1 Å². The molecule has 0 spiro atoms. The van der Waals surface area contributed by atoms with Gasteiger partial charge in [0.25, 0.3) is 5.91 Å². The standard InChI is InChI=1S/C22H27N5O3/c23-10-9-16-12-26(14-24-16)11-2-1-4-15-5-3-6-17-18(15)13-27(22(17)30)19-7-8-20(28)25-21(19)29/h3,5-6,12,14,19H,1-2,4,7-11,13,23H2,(H,25,28,29). The average Bonchev–Trinajstić information content (AvgIpc) is 3.31. The van der Waals surface area contributed by atoms with Crippen molar-refractivity contribution in [2.75, 3.05) is 6.54 Å². The van der Waals surface area contributed by atoms with Crippen molar-refractivity contribution in [2.45, 2.75) is 57.7 Å². The van der Waals surface area contributed by atoms with Crippen LogP contribution in [0, 0.1) is 0 Å². The third-order valence-corrected chi connectivity index (χ3v) is 5.88. The summed E-state index contributed by atoms with van der Waals surface area (Å²) in [7, 11) is 0. The number of carbonyl (C=O) groups excluding carboxylic acids is 3. The fraction of sp³-hybridized carbons (Fsp3) is 0.455. The minimum absolute atomic E-state index is 0.118. The van der Waals surface area contributed by atoms with E-state index in [1.165, 1.54) is 0 Å². The number of nitrogens with zero attached hydrogens (tertiary/aromatic N) is 3. The predicted octanol–water partition coefficient (Wildman–Crippen LogP) is 1.17. The fourth-order valence-corrected chi connectivity index (χ4v) is 4.30. The lowest BCUT2D eigenvalue weighted by molar-refractivity contribution is -0.136. The Morgan fingerprint density at radius 1 is 1.17 bits per heavy atom. The Bertz CT molecular complexity index is 967. The zero-order chi connectivity index (χ0) is 21.1. The molecule has 0 radical (unpaired) electrons. The van der Waals surface area contributed by atoms with Crippen LogP contribution in [0.1, 0.15) is 52.9 Å². The molecule has 0 bridgehead atoms. The largest absolute Gasteiger partial charge is 0.337 e. The van der Waals surface area contributed by atoms with E-state index in [2.05, 4.69) is 20.9 Å². The summed E-state index contributed by atoms with van der Waals surface area (Å²) in [5, 5.41) is 2.35. The summed E-state index contributed by atoms with van der Waals surface area (Å²) in [6, 6.07) is 5.24. The molecule has 2 aliphatic rings. The molecule has 3 heterocycles. The molecule has 0 aliphatic carbocycles. The Labute approximate surface area is 175 Å². The van der Waals surface area contributed by atoms with Crippen molar-refractivity contribution < 1.29 is 14.4 Å². The third kappa shape index (κ3) is 4.14. The van der Waals surface area contributed by atoms with E-state index in [1.54, 1.807) is 4.90 Å². The van der Waals surface area contributed by atoms with Crippen molar-refractivity contribution in [3.8, 4) is 0 Å². The molecule has 1 aromatic heterocycles. The molecule has 1 aromatic carbocycles.